The van der Waals surface area contributed by atoms with E-state index in [2.05, 4.69) is 15.0 Å². The summed E-state index contributed by atoms with van der Waals surface area (Å²) in [5.74, 6) is -0.328. The number of aromatic nitrogens is 1. The zero-order valence-electron chi connectivity index (χ0n) is 17.6. The molecule has 0 spiro atoms. The Kier molecular flexibility index (Phi) is 12.0. The van der Waals surface area contributed by atoms with Crippen molar-refractivity contribution in [3.8, 4) is 0 Å². The van der Waals surface area contributed by atoms with Crippen LogP contribution in [0.4, 0.5) is 0 Å². The van der Waals surface area contributed by atoms with Crippen molar-refractivity contribution in [2.45, 2.75) is 53.1 Å². The number of Topliss-reactive ketones (excluding diaryl/α,β-unsaturated/α-hetero) is 1. The Bertz CT molecular complexity index is 695. The molecule has 1 aromatic carbocycles. The number of rotatable bonds is 6. The predicted molar refractivity (Wildman–Crippen MR) is 112 cm³/mol. The summed E-state index contributed by atoms with van der Waals surface area (Å²) in [5, 5.41) is 3.84. The van der Waals surface area contributed by atoms with Crippen LogP contribution in [0.15, 0.2) is 30.5 Å². The fourth-order valence-electron chi connectivity index (χ4n) is 2.39. The van der Waals surface area contributed by atoms with Crippen molar-refractivity contribution in [1.29, 1.82) is 0 Å². The average molecular weight is 378 g/mol. The molecule has 1 heterocycles. The number of carbonyl (C=O) groups is 2. The number of ketones is 1. The van der Waals surface area contributed by atoms with Gasteiger partial charge in [0.25, 0.3) is 0 Å². The van der Waals surface area contributed by atoms with Gasteiger partial charge in [-0.2, -0.15) is 0 Å². The first-order valence-electron chi connectivity index (χ1n) is 9.33. The van der Waals surface area contributed by atoms with Gasteiger partial charge in [-0.3, -0.25) is 9.59 Å². The van der Waals surface area contributed by atoms with Gasteiger partial charge in [0.2, 0.25) is 5.91 Å². The third-order valence-corrected chi connectivity index (χ3v) is 3.93. The fourth-order valence-corrected chi connectivity index (χ4v) is 2.39. The Morgan fingerprint density at radius 3 is 2.26 bits per heavy atom. The van der Waals surface area contributed by atoms with E-state index in [0.29, 0.717) is 6.42 Å². The molecule has 152 valence electrons. The van der Waals surface area contributed by atoms with Crippen LogP contribution in [-0.4, -0.2) is 43.0 Å². The Morgan fingerprint density at radius 1 is 1.19 bits per heavy atom. The monoisotopic (exact) mass is 377 g/mol. The van der Waals surface area contributed by atoms with Crippen LogP contribution in [0.5, 0.6) is 0 Å². The number of H-pyrrole nitrogens is 1. The topological polar surface area (TPSA) is 97.2 Å². The molecule has 27 heavy (non-hydrogen) atoms. The molecule has 0 radical (unpaired) electrons. The molecular weight excluding hydrogens is 342 g/mol. The van der Waals surface area contributed by atoms with Crippen LogP contribution >= 0.6 is 0 Å². The van der Waals surface area contributed by atoms with E-state index in [1.54, 1.807) is 14.2 Å². The Balaban J connectivity index is 0.00000123. The van der Waals surface area contributed by atoms with Crippen LogP contribution in [0.2, 0.25) is 0 Å². The van der Waals surface area contributed by atoms with Crippen LogP contribution in [0, 0.1) is 5.92 Å². The first-order valence-corrected chi connectivity index (χ1v) is 9.33. The third kappa shape index (κ3) is 7.93. The fraction of sp³-hybridized carbons (Fsp3) is 0.524. The van der Waals surface area contributed by atoms with Gasteiger partial charge in [-0.05, 0) is 24.5 Å². The lowest BCUT2D eigenvalue weighted by molar-refractivity contribution is -0.128. The van der Waals surface area contributed by atoms with Crippen molar-refractivity contribution in [2.75, 3.05) is 14.2 Å². The summed E-state index contributed by atoms with van der Waals surface area (Å²) in [6.07, 6.45) is 2.34. The number of methoxy groups -OCH3 is 1. The molecule has 0 fully saturated rings. The number of carbonyl (C=O) groups excluding carboxylic acids is 2. The average Bonchev–Trinajstić information content (AvgIpc) is 3.05. The van der Waals surface area contributed by atoms with E-state index < -0.39 is 12.1 Å². The highest BCUT2D eigenvalue weighted by Gasteiger charge is 2.24. The molecule has 1 aromatic heterocycles. The van der Waals surface area contributed by atoms with Crippen molar-refractivity contribution >= 4 is 22.6 Å². The molecule has 2 rings (SSSR count). The minimum Gasteiger partial charge on any atom is -0.388 e. The van der Waals surface area contributed by atoms with Crippen molar-refractivity contribution in [1.82, 2.24) is 10.3 Å². The van der Waals surface area contributed by atoms with E-state index in [1.807, 2.05) is 58.2 Å². The van der Waals surface area contributed by atoms with E-state index in [9.17, 15) is 9.59 Å². The van der Waals surface area contributed by atoms with E-state index in [4.69, 9.17) is 5.73 Å². The van der Waals surface area contributed by atoms with E-state index >= 15 is 0 Å². The summed E-state index contributed by atoms with van der Waals surface area (Å²) in [6, 6.07) is 6.72. The van der Waals surface area contributed by atoms with Gasteiger partial charge in [-0.1, -0.05) is 45.9 Å². The maximum atomic E-state index is 12.1. The van der Waals surface area contributed by atoms with E-state index in [1.165, 1.54) is 6.92 Å². The largest absolute Gasteiger partial charge is 0.388 e. The van der Waals surface area contributed by atoms with Gasteiger partial charge in [0, 0.05) is 37.7 Å². The number of ether oxygens (including phenoxy) is 1. The van der Waals surface area contributed by atoms with Crippen molar-refractivity contribution in [3.63, 3.8) is 0 Å². The van der Waals surface area contributed by atoms with Gasteiger partial charge in [-0.25, -0.2) is 0 Å². The molecule has 4 N–H and O–H groups in total. The lowest BCUT2D eigenvalue weighted by Crippen LogP contribution is -2.50. The second-order valence-corrected chi connectivity index (χ2v) is 6.41. The summed E-state index contributed by atoms with van der Waals surface area (Å²) in [7, 11) is 3.25. The van der Waals surface area contributed by atoms with Crippen molar-refractivity contribution in [2.24, 2.45) is 11.7 Å². The van der Waals surface area contributed by atoms with Gasteiger partial charge in [0.15, 0.2) is 5.78 Å². The van der Waals surface area contributed by atoms with Gasteiger partial charge in [0.05, 0.1) is 12.1 Å². The molecule has 2 atom stereocenters. The number of benzene rings is 1. The second-order valence-electron chi connectivity index (χ2n) is 6.41. The lowest BCUT2D eigenvalue weighted by Gasteiger charge is -2.20. The highest BCUT2D eigenvalue weighted by atomic mass is 16.4. The highest BCUT2D eigenvalue weighted by Crippen LogP contribution is 2.19. The first-order chi connectivity index (χ1) is 12.8. The summed E-state index contributed by atoms with van der Waals surface area (Å²) in [4.78, 5) is 27.1. The quantitative estimate of drug-likeness (QED) is 0.721. The van der Waals surface area contributed by atoms with Crippen LogP contribution in [0.25, 0.3) is 10.9 Å². The number of nitrogens with two attached hydrogens (primary N) is 1. The van der Waals surface area contributed by atoms with E-state index in [0.717, 1.165) is 16.5 Å². The second kappa shape index (κ2) is 13.1. The molecule has 6 heteroatoms. The zero-order chi connectivity index (χ0) is 21.0. The Hall–Kier alpha value is -2.18. The van der Waals surface area contributed by atoms with Crippen molar-refractivity contribution in [3.05, 3.63) is 36.0 Å². The standard InChI is InChI=1S/C17H23N3O2.C2H6O.C2H6/c1-10(2)16(18)17(22)20-15(11(3)21)8-12-9-19-14-7-5-4-6-13(12)14;1-3-2;1-2/h4-7,9-10,15-16,19H,8,18H2,1-3H3,(H,20,22);1-2H3;1-2H3. The molecule has 1 amide bonds. The molecule has 0 aliphatic carbocycles. The smallest absolute Gasteiger partial charge is 0.237 e. The summed E-state index contributed by atoms with van der Waals surface area (Å²) in [5.41, 5.74) is 7.87. The normalized spacial score (nSPS) is 12.3. The van der Waals surface area contributed by atoms with Crippen molar-refractivity contribution < 1.29 is 14.3 Å². The minimum atomic E-state index is -0.607. The van der Waals surface area contributed by atoms with E-state index in [-0.39, 0.29) is 17.6 Å². The SMILES string of the molecule is CC.CC(=O)C(Cc1c[nH]c2ccccc12)NC(=O)C(N)C(C)C.COC. The molecule has 6 nitrogen and oxygen atoms in total. The lowest BCUT2D eigenvalue weighted by atomic mass is 10.00. The molecular formula is C21H35N3O3. The number of fused-ring (bicyclic) bond motifs is 1. The summed E-state index contributed by atoms with van der Waals surface area (Å²) in [6.45, 7) is 9.25. The number of aromatic amines is 1. The Morgan fingerprint density at radius 2 is 1.74 bits per heavy atom. The van der Waals surface area contributed by atoms with Crippen LogP contribution in [-0.2, 0) is 20.7 Å². The number of para-hydroxylation sites is 1. The maximum absolute atomic E-state index is 12.1. The number of hydrogen-bond acceptors (Lipinski definition) is 4. The Labute approximate surface area is 162 Å². The molecule has 0 aliphatic heterocycles. The van der Waals surface area contributed by atoms with Crippen LogP contribution in [0.3, 0.4) is 0 Å². The van der Waals surface area contributed by atoms with Crippen LogP contribution in [0.1, 0.15) is 40.2 Å². The molecule has 0 aliphatic rings. The summed E-state index contributed by atoms with van der Waals surface area (Å²) >= 11 is 0. The maximum Gasteiger partial charge on any atom is 0.237 e. The molecule has 2 aromatic rings. The molecule has 0 saturated heterocycles. The number of amides is 1. The van der Waals surface area contributed by atoms with Gasteiger partial charge in [0.1, 0.15) is 0 Å². The highest BCUT2D eigenvalue weighted by molar-refractivity contribution is 5.91. The number of hydrogen-bond donors (Lipinski definition) is 3. The molecule has 2 unspecified atom stereocenters. The minimum absolute atomic E-state index is 0.0284. The van der Waals surface area contributed by atoms with Crippen LogP contribution < -0.4 is 11.1 Å². The molecule has 0 saturated carbocycles. The van der Waals surface area contributed by atoms with Gasteiger partial charge >= 0.3 is 0 Å². The molecule has 0 bridgehead atoms. The van der Waals surface area contributed by atoms with Gasteiger partial charge in [-0.15, -0.1) is 0 Å². The predicted octanol–water partition coefficient (Wildman–Crippen LogP) is 3.06. The van der Waals surface area contributed by atoms with Gasteiger partial charge < -0.3 is 20.8 Å². The first kappa shape index (κ1) is 24.8. The summed E-state index contributed by atoms with van der Waals surface area (Å²) < 4.78 is 4.25. The third-order valence-electron chi connectivity index (χ3n) is 3.93. The zero-order valence-corrected chi connectivity index (χ0v) is 17.6. The number of nitrogens with one attached hydrogen (secondary N) is 2.